The first-order chi connectivity index (χ1) is 12.8. The summed E-state index contributed by atoms with van der Waals surface area (Å²) in [7, 11) is 0. The van der Waals surface area contributed by atoms with E-state index in [0.29, 0.717) is 10.9 Å². The summed E-state index contributed by atoms with van der Waals surface area (Å²) in [6.07, 6.45) is -4.49. The minimum Gasteiger partial charge on any atom is -0.493 e. The van der Waals surface area contributed by atoms with Gasteiger partial charge in [-0.15, -0.1) is 5.11 Å². The molecular weight excluding hydrogens is 382 g/mol. The Kier molecular flexibility index (Phi) is 4.33. The molecule has 1 N–H and O–H groups in total. The van der Waals surface area contributed by atoms with E-state index in [4.69, 9.17) is 0 Å². The first-order valence-electron chi connectivity index (χ1n) is 8.04. The normalized spacial score (nSPS) is 15.6. The second-order valence-electron chi connectivity index (χ2n) is 6.14. The van der Waals surface area contributed by atoms with Gasteiger partial charge in [0.15, 0.2) is 5.69 Å². The van der Waals surface area contributed by atoms with Crippen molar-refractivity contribution in [3.8, 4) is 5.88 Å². The maximum atomic E-state index is 13.7. The molecule has 0 bridgehead atoms. The molecule has 4 nitrogen and oxygen atoms in total. The third-order valence-electron chi connectivity index (χ3n) is 4.34. The molecule has 4 rings (SSSR count). The second-order valence-corrected chi connectivity index (χ2v) is 7.22. The molecule has 0 atom stereocenters. The van der Waals surface area contributed by atoms with Gasteiger partial charge in [0.2, 0.25) is 5.88 Å². The van der Waals surface area contributed by atoms with Crippen LogP contribution in [0.3, 0.4) is 0 Å². The maximum absolute atomic E-state index is 13.7. The van der Waals surface area contributed by atoms with Crippen LogP contribution in [0.15, 0.2) is 52.7 Å². The van der Waals surface area contributed by atoms with E-state index in [1.54, 1.807) is 22.4 Å². The molecule has 27 heavy (non-hydrogen) atoms. The minimum atomic E-state index is -4.49. The number of thioether (sulfide) groups is 1. The average molecular weight is 395 g/mol. The second kappa shape index (κ2) is 6.56. The number of nitrogens with zero attached hydrogens (tertiary/aromatic N) is 3. The SMILES string of the molecule is Oc1c(N=Nc2cccc(C(F)(F)F)c2)c2cc(F)ccc2n1C1CSC1. The zero-order valence-electron chi connectivity index (χ0n) is 13.7. The Morgan fingerprint density at radius 1 is 1.07 bits per heavy atom. The molecule has 0 saturated carbocycles. The highest BCUT2D eigenvalue weighted by Crippen LogP contribution is 2.45. The van der Waals surface area contributed by atoms with Crippen LogP contribution in [0.4, 0.5) is 28.9 Å². The van der Waals surface area contributed by atoms with Crippen LogP contribution in [0, 0.1) is 5.82 Å². The molecule has 0 spiro atoms. The van der Waals surface area contributed by atoms with Crippen molar-refractivity contribution in [3.63, 3.8) is 0 Å². The van der Waals surface area contributed by atoms with Crippen LogP contribution in [-0.2, 0) is 6.18 Å². The largest absolute Gasteiger partial charge is 0.493 e. The lowest BCUT2D eigenvalue weighted by atomic mass is 10.2. The molecule has 3 aromatic rings. The molecule has 1 saturated heterocycles. The maximum Gasteiger partial charge on any atom is 0.416 e. The fourth-order valence-electron chi connectivity index (χ4n) is 2.95. The van der Waals surface area contributed by atoms with Crippen LogP contribution in [0.1, 0.15) is 11.6 Å². The highest BCUT2D eigenvalue weighted by Gasteiger charge is 2.30. The molecule has 140 valence electrons. The number of fused-ring (bicyclic) bond motifs is 1. The van der Waals surface area contributed by atoms with Gasteiger partial charge < -0.3 is 9.67 Å². The molecule has 0 aliphatic carbocycles. The number of benzene rings is 2. The van der Waals surface area contributed by atoms with Gasteiger partial charge in [0.05, 0.1) is 22.8 Å². The van der Waals surface area contributed by atoms with E-state index >= 15 is 0 Å². The van der Waals surface area contributed by atoms with Crippen LogP contribution in [0.5, 0.6) is 5.88 Å². The lowest BCUT2D eigenvalue weighted by Crippen LogP contribution is -2.22. The average Bonchev–Trinajstić information content (AvgIpc) is 2.83. The first kappa shape index (κ1) is 17.8. The summed E-state index contributed by atoms with van der Waals surface area (Å²) in [5, 5.41) is 18.7. The van der Waals surface area contributed by atoms with Gasteiger partial charge >= 0.3 is 6.18 Å². The van der Waals surface area contributed by atoms with Gasteiger partial charge in [-0.2, -0.15) is 30.0 Å². The summed E-state index contributed by atoms with van der Waals surface area (Å²) in [5.41, 5.74) is -0.208. The Hall–Kier alpha value is -2.55. The van der Waals surface area contributed by atoms with Gasteiger partial charge in [0.25, 0.3) is 0 Å². The third kappa shape index (κ3) is 3.27. The molecule has 1 aliphatic rings. The molecule has 9 heteroatoms. The number of alkyl halides is 3. The molecule has 1 aromatic heterocycles. The van der Waals surface area contributed by atoms with Crippen molar-refractivity contribution in [1.29, 1.82) is 0 Å². The van der Waals surface area contributed by atoms with Crippen molar-refractivity contribution in [1.82, 2.24) is 4.57 Å². The highest BCUT2D eigenvalue weighted by molar-refractivity contribution is 8.00. The number of hydrogen-bond donors (Lipinski definition) is 1. The van der Waals surface area contributed by atoms with Crippen molar-refractivity contribution in [2.75, 3.05) is 11.5 Å². The van der Waals surface area contributed by atoms with Crippen LogP contribution in [-0.4, -0.2) is 21.2 Å². The van der Waals surface area contributed by atoms with Gasteiger partial charge in [0, 0.05) is 16.9 Å². The monoisotopic (exact) mass is 395 g/mol. The van der Waals surface area contributed by atoms with E-state index in [-0.39, 0.29) is 23.3 Å². The van der Waals surface area contributed by atoms with E-state index in [2.05, 4.69) is 10.2 Å². The molecule has 1 fully saturated rings. The molecular formula is C18H13F4N3OS. The molecule has 2 heterocycles. The van der Waals surface area contributed by atoms with Crippen LogP contribution >= 0.6 is 11.8 Å². The van der Waals surface area contributed by atoms with Crippen LogP contribution in [0.25, 0.3) is 10.9 Å². The van der Waals surface area contributed by atoms with Crippen molar-refractivity contribution < 1.29 is 22.7 Å². The van der Waals surface area contributed by atoms with Crippen molar-refractivity contribution in [3.05, 3.63) is 53.8 Å². The number of halogens is 4. The smallest absolute Gasteiger partial charge is 0.416 e. The van der Waals surface area contributed by atoms with Gasteiger partial charge in [-0.1, -0.05) is 6.07 Å². The highest BCUT2D eigenvalue weighted by atomic mass is 32.2. The topological polar surface area (TPSA) is 49.9 Å². The number of azo groups is 1. The number of hydrogen-bond acceptors (Lipinski definition) is 4. The summed E-state index contributed by atoms with van der Waals surface area (Å²) in [5.74, 6) is 0.937. The van der Waals surface area contributed by atoms with E-state index in [0.717, 1.165) is 23.6 Å². The van der Waals surface area contributed by atoms with Crippen LogP contribution < -0.4 is 0 Å². The van der Waals surface area contributed by atoms with Gasteiger partial charge in [0.1, 0.15) is 5.82 Å². The zero-order valence-corrected chi connectivity index (χ0v) is 14.6. The molecule has 0 amide bonds. The Labute approximate surface area is 155 Å². The minimum absolute atomic E-state index is 0.0132. The summed E-state index contributed by atoms with van der Waals surface area (Å²) >= 11 is 1.72. The van der Waals surface area contributed by atoms with E-state index in [9.17, 15) is 22.7 Å². The van der Waals surface area contributed by atoms with Crippen molar-refractivity contribution in [2.24, 2.45) is 10.2 Å². The molecule has 2 aromatic carbocycles. The third-order valence-corrected chi connectivity index (χ3v) is 5.58. The van der Waals surface area contributed by atoms with E-state index in [1.165, 1.54) is 24.3 Å². The summed E-state index contributed by atoms with van der Waals surface area (Å²) in [6.45, 7) is 0. The first-order valence-corrected chi connectivity index (χ1v) is 9.19. The molecule has 0 radical (unpaired) electrons. The number of aromatic hydroxyl groups is 1. The fourth-order valence-corrected chi connectivity index (χ4v) is 3.69. The summed E-state index contributed by atoms with van der Waals surface area (Å²) < 4.78 is 53.9. The lowest BCUT2D eigenvalue weighted by Gasteiger charge is -2.27. The Morgan fingerprint density at radius 2 is 1.85 bits per heavy atom. The van der Waals surface area contributed by atoms with Gasteiger partial charge in [-0.05, 0) is 36.4 Å². The zero-order chi connectivity index (χ0) is 19.2. The summed E-state index contributed by atoms with van der Waals surface area (Å²) in [4.78, 5) is 0. The van der Waals surface area contributed by atoms with Gasteiger partial charge in [-0.25, -0.2) is 4.39 Å². The molecule has 0 unspecified atom stereocenters. The van der Waals surface area contributed by atoms with Crippen LogP contribution in [0.2, 0.25) is 0 Å². The Morgan fingerprint density at radius 3 is 2.52 bits per heavy atom. The van der Waals surface area contributed by atoms with Gasteiger partial charge in [-0.3, -0.25) is 0 Å². The lowest BCUT2D eigenvalue weighted by molar-refractivity contribution is -0.137. The van der Waals surface area contributed by atoms with Crippen molar-refractivity contribution >= 4 is 34.0 Å². The quantitative estimate of drug-likeness (QED) is 0.423. The number of aromatic nitrogens is 1. The summed E-state index contributed by atoms with van der Waals surface area (Å²) in [6, 6.07) is 8.53. The van der Waals surface area contributed by atoms with Crippen molar-refractivity contribution in [2.45, 2.75) is 12.2 Å². The predicted octanol–water partition coefficient (Wildman–Crippen LogP) is 6.21. The molecule has 1 aliphatic heterocycles. The standard InChI is InChI=1S/C18H13F4N3OS/c19-11-4-5-15-14(7-11)16(17(26)25(15)13-8-27-9-13)24-23-12-3-1-2-10(6-12)18(20,21)22/h1-7,13,26H,8-9H2. The number of rotatable bonds is 3. The fraction of sp³-hybridized carbons (Fsp3) is 0.222. The Balaban J connectivity index is 1.79. The van der Waals surface area contributed by atoms with E-state index < -0.39 is 17.6 Å². The van der Waals surface area contributed by atoms with E-state index in [1.807, 2.05) is 0 Å². The Bertz CT molecular complexity index is 1040. The predicted molar refractivity (Wildman–Crippen MR) is 95.5 cm³/mol.